The summed E-state index contributed by atoms with van der Waals surface area (Å²) in [7, 11) is 0. The quantitative estimate of drug-likeness (QED) is 0.825. The van der Waals surface area contributed by atoms with Gasteiger partial charge in [-0.1, -0.05) is 0 Å². The van der Waals surface area contributed by atoms with Crippen LogP contribution in [0.4, 0.5) is 0 Å². The molecule has 0 radical (unpaired) electrons. The molecule has 1 aliphatic heterocycles. The average Bonchev–Trinajstić information content (AvgIpc) is 2.39. The predicted octanol–water partition coefficient (Wildman–Crippen LogP) is 1.27. The normalized spacial score (nSPS) is 15.2. The van der Waals surface area contributed by atoms with Gasteiger partial charge in [0.05, 0.1) is 5.03 Å². The summed E-state index contributed by atoms with van der Waals surface area (Å²) in [5.74, 6) is 0.110. The van der Waals surface area contributed by atoms with Gasteiger partial charge >= 0.3 is 0 Å². The van der Waals surface area contributed by atoms with Crippen molar-refractivity contribution < 1.29 is 4.79 Å². The van der Waals surface area contributed by atoms with E-state index in [2.05, 4.69) is 10.3 Å². The van der Waals surface area contributed by atoms with Crippen molar-refractivity contribution in [1.29, 1.82) is 0 Å². The van der Waals surface area contributed by atoms with Gasteiger partial charge in [-0.15, -0.1) is 24.2 Å². The lowest BCUT2D eigenvalue weighted by Crippen LogP contribution is -2.46. The molecule has 4 nitrogen and oxygen atoms in total. The highest BCUT2D eigenvalue weighted by Crippen LogP contribution is 2.14. The molecule has 1 aliphatic rings. The van der Waals surface area contributed by atoms with Gasteiger partial charge in [0.1, 0.15) is 0 Å². The first-order valence-corrected chi connectivity index (χ1v) is 6.54. The minimum Gasteiger partial charge on any atom is -0.336 e. The maximum Gasteiger partial charge on any atom is 0.254 e. The third kappa shape index (κ3) is 3.59. The Labute approximate surface area is 112 Å². The van der Waals surface area contributed by atoms with Crippen molar-refractivity contribution in [2.75, 3.05) is 32.4 Å². The highest BCUT2D eigenvalue weighted by atomic mass is 35.5. The van der Waals surface area contributed by atoms with Crippen molar-refractivity contribution in [3.63, 3.8) is 0 Å². The van der Waals surface area contributed by atoms with Gasteiger partial charge in [0.15, 0.2) is 0 Å². The number of halogens is 1. The van der Waals surface area contributed by atoms with Crippen molar-refractivity contribution in [2.24, 2.45) is 0 Å². The van der Waals surface area contributed by atoms with E-state index in [4.69, 9.17) is 0 Å². The monoisotopic (exact) mass is 273 g/mol. The van der Waals surface area contributed by atoms with Gasteiger partial charge in [0.25, 0.3) is 5.91 Å². The van der Waals surface area contributed by atoms with E-state index in [1.165, 1.54) is 0 Å². The van der Waals surface area contributed by atoms with Crippen LogP contribution >= 0.6 is 24.2 Å². The largest absolute Gasteiger partial charge is 0.336 e. The number of nitrogens with one attached hydrogen (secondary N) is 1. The van der Waals surface area contributed by atoms with Crippen molar-refractivity contribution in [1.82, 2.24) is 15.2 Å². The van der Waals surface area contributed by atoms with Gasteiger partial charge < -0.3 is 10.2 Å². The number of carbonyl (C=O) groups is 1. The Balaban J connectivity index is 0.00000144. The van der Waals surface area contributed by atoms with Crippen LogP contribution in [0.5, 0.6) is 0 Å². The van der Waals surface area contributed by atoms with E-state index in [-0.39, 0.29) is 18.3 Å². The molecule has 17 heavy (non-hydrogen) atoms. The van der Waals surface area contributed by atoms with Crippen molar-refractivity contribution in [3.8, 4) is 0 Å². The molecule has 0 unspecified atom stereocenters. The van der Waals surface area contributed by atoms with Crippen LogP contribution in [-0.4, -0.2) is 48.2 Å². The molecule has 1 fully saturated rings. The summed E-state index contributed by atoms with van der Waals surface area (Å²) in [5.41, 5.74) is 0.737. The first kappa shape index (κ1) is 14.3. The van der Waals surface area contributed by atoms with Crippen LogP contribution in [0.2, 0.25) is 0 Å². The Morgan fingerprint density at radius 1 is 1.47 bits per heavy atom. The van der Waals surface area contributed by atoms with Crippen LogP contribution in [0.3, 0.4) is 0 Å². The van der Waals surface area contributed by atoms with Crippen LogP contribution in [-0.2, 0) is 0 Å². The number of amides is 1. The molecule has 0 saturated carbocycles. The number of aromatic nitrogens is 1. The van der Waals surface area contributed by atoms with Gasteiger partial charge in [-0.2, -0.15) is 0 Å². The summed E-state index contributed by atoms with van der Waals surface area (Å²) in [5, 5.41) is 4.12. The molecule has 0 atom stereocenters. The highest BCUT2D eigenvalue weighted by molar-refractivity contribution is 7.98. The summed E-state index contributed by atoms with van der Waals surface area (Å²) >= 11 is 1.55. The lowest BCUT2D eigenvalue weighted by atomic mass is 10.2. The zero-order valence-electron chi connectivity index (χ0n) is 9.68. The van der Waals surface area contributed by atoms with Crippen molar-refractivity contribution >= 4 is 30.1 Å². The van der Waals surface area contributed by atoms with E-state index in [0.29, 0.717) is 0 Å². The second-order valence-corrected chi connectivity index (χ2v) is 4.46. The second kappa shape index (κ2) is 6.83. The van der Waals surface area contributed by atoms with Crippen molar-refractivity contribution in [2.45, 2.75) is 5.03 Å². The zero-order valence-corrected chi connectivity index (χ0v) is 11.3. The lowest BCUT2D eigenvalue weighted by molar-refractivity contribution is 0.0735. The fourth-order valence-electron chi connectivity index (χ4n) is 1.70. The molecule has 0 aromatic carbocycles. The number of thioether (sulfide) groups is 1. The topological polar surface area (TPSA) is 45.2 Å². The number of piperazine rings is 1. The van der Waals surface area contributed by atoms with Crippen LogP contribution in [0.15, 0.2) is 23.4 Å². The molecule has 1 amide bonds. The molecule has 0 aliphatic carbocycles. The molecular formula is C11H16ClN3OS. The fourth-order valence-corrected chi connectivity index (χ4v) is 2.12. The number of carbonyl (C=O) groups excluding carboxylic acids is 1. The number of rotatable bonds is 2. The Morgan fingerprint density at radius 2 is 2.18 bits per heavy atom. The van der Waals surface area contributed by atoms with E-state index in [1.54, 1.807) is 24.0 Å². The standard InChI is InChI=1S/C11H15N3OS.ClH/c1-16-10-8-9(2-3-13-10)11(15)14-6-4-12-5-7-14;/h2-3,8,12H,4-7H2,1H3;1H. The molecule has 1 saturated heterocycles. The van der Waals surface area contributed by atoms with Crippen LogP contribution in [0.25, 0.3) is 0 Å². The third-order valence-electron chi connectivity index (χ3n) is 2.60. The molecular weight excluding hydrogens is 258 g/mol. The molecule has 1 aromatic heterocycles. The Morgan fingerprint density at radius 3 is 2.82 bits per heavy atom. The van der Waals surface area contributed by atoms with E-state index < -0.39 is 0 Å². The smallest absolute Gasteiger partial charge is 0.254 e. The van der Waals surface area contributed by atoms with Crippen LogP contribution < -0.4 is 5.32 Å². The van der Waals surface area contributed by atoms with Crippen LogP contribution in [0, 0.1) is 0 Å². The molecule has 6 heteroatoms. The van der Waals surface area contributed by atoms with Gasteiger partial charge in [-0.3, -0.25) is 4.79 Å². The molecule has 1 aromatic rings. The van der Waals surface area contributed by atoms with E-state index in [9.17, 15) is 4.79 Å². The van der Waals surface area contributed by atoms with E-state index >= 15 is 0 Å². The molecule has 0 spiro atoms. The lowest BCUT2D eigenvalue weighted by Gasteiger charge is -2.27. The van der Waals surface area contributed by atoms with Gasteiger partial charge in [0.2, 0.25) is 0 Å². The molecule has 2 rings (SSSR count). The summed E-state index contributed by atoms with van der Waals surface area (Å²) in [4.78, 5) is 18.2. The minimum atomic E-state index is 0. The Hall–Kier alpha value is -0.780. The number of hydrogen-bond donors (Lipinski definition) is 1. The van der Waals surface area contributed by atoms with E-state index in [0.717, 1.165) is 36.8 Å². The minimum absolute atomic E-state index is 0. The first-order chi connectivity index (χ1) is 7.81. The summed E-state index contributed by atoms with van der Waals surface area (Å²) in [6.45, 7) is 3.34. The second-order valence-electron chi connectivity index (χ2n) is 3.63. The number of hydrogen-bond acceptors (Lipinski definition) is 4. The van der Waals surface area contributed by atoms with Crippen LogP contribution in [0.1, 0.15) is 10.4 Å². The number of nitrogens with zero attached hydrogens (tertiary/aromatic N) is 2. The Bertz CT molecular complexity index is 383. The molecule has 2 heterocycles. The molecule has 94 valence electrons. The summed E-state index contributed by atoms with van der Waals surface area (Å²) in [6, 6.07) is 3.64. The maximum atomic E-state index is 12.1. The summed E-state index contributed by atoms with van der Waals surface area (Å²) in [6.07, 6.45) is 3.66. The molecule has 1 N–H and O–H groups in total. The fraction of sp³-hybridized carbons (Fsp3) is 0.455. The van der Waals surface area contributed by atoms with Gasteiger partial charge in [-0.25, -0.2) is 4.98 Å². The Kier molecular flexibility index (Phi) is 5.74. The highest BCUT2D eigenvalue weighted by Gasteiger charge is 2.17. The predicted molar refractivity (Wildman–Crippen MR) is 72.0 cm³/mol. The first-order valence-electron chi connectivity index (χ1n) is 5.31. The molecule has 0 bridgehead atoms. The third-order valence-corrected chi connectivity index (χ3v) is 3.24. The summed E-state index contributed by atoms with van der Waals surface area (Å²) < 4.78 is 0. The SMILES string of the molecule is CSc1cc(C(=O)N2CCNCC2)ccn1.Cl. The maximum absolute atomic E-state index is 12.1. The average molecular weight is 274 g/mol. The zero-order chi connectivity index (χ0) is 11.4. The van der Waals surface area contributed by atoms with Gasteiger partial charge in [0, 0.05) is 37.9 Å². The number of pyridine rings is 1. The van der Waals surface area contributed by atoms with E-state index in [1.807, 2.05) is 17.2 Å². The van der Waals surface area contributed by atoms with Crippen molar-refractivity contribution in [3.05, 3.63) is 23.9 Å². The van der Waals surface area contributed by atoms with Gasteiger partial charge in [-0.05, 0) is 18.4 Å².